The molecule has 2 aliphatic rings. The lowest BCUT2D eigenvalue weighted by atomic mass is 9.84. The maximum atomic E-state index is 6.04. The molecular weight excluding hydrogens is 617 g/mol. The van der Waals surface area contributed by atoms with Crippen LogP contribution in [0.3, 0.4) is 0 Å². The summed E-state index contributed by atoms with van der Waals surface area (Å²) < 4.78 is 6.04. The number of allylic oxidation sites excluding steroid dienone is 4. The minimum Gasteiger partial charge on any atom is -0.381 e. The van der Waals surface area contributed by atoms with E-state index in [1.54, 1.807) is 11.1 Å². The maximum Gasteiger partial charge on any atom is 0.0466 e. The fourth-order valence-corrected chi connectivity index (χ4v) is 8.43. The molecule has 0 bridgehead atoms. The van der Waals surface area contributed by atoms with Crippen molar-refractivity contribution >= 4 is 0 Å². The summed E-state index contributed by atoms with van der Waals surface area (Å²) in [4.78, 5) is 0. The SMILES string of the molecule is CCCCCCCc1ccc(CCC2CC=C(CCCCOCCCCC3=CCC(CCc4ccc(CCCCCCC)cc4)CC3)CC2)cc1. The van der Waals surface area contributed by atoms with Gasteiger partial charge in [0.1, 0.15) is 0 Å². The second kappa shape index (κ2) is 26.6. The van der Waals surface area contributed by atoms with Gasteiger partial charge in [-0.3, -0.25) is 0 Å². The summed E-state index contributed by atoms with van der Waals surface area (Å²) in [5, 5.41) is 0. The summed E-state index contributed by atoms with van der Waals surface area (Å²) >= 11 is 0. The van der Waals surface area contributed by atoms with Crippen LogP contribution in [0.2, 0.25) is 0 Å². The molecule has 0 aromatic heterocycles. The van der Waals surface area contributed by atoms with Crippen LogP contribution in [0.1, 0.15) is 190 Å². The lowest BCUT2D eigenvalue weighted by Gasteiger charge is -2.22. The van der Waals surface area contributed by atoms with Gasteiger partial charge in [-0.15, -0.1) is 0 Å². The van der Waals surface area contributed by atoms with Crippen LogP contribution >= 0.6 is 0 Å². The zero-order chi connectivity index (χ0) is 35.6. The highest BCUT2D eigenvalue weighted by Gasteiger charge is 2.16. The molecule has 2 aromatic carbocycles. The second-order valence-electron chi connectivity index (χ2n) is 16.6. The molecule has 0 fully saturated rings. The standard InChI is InChI=1S/C50H78O/c1-3-5-7-9-11-17-43-21-29-47(30-22-43)37-39-49-33-25-45(26-34-49)19-13-15-41-51-42-16-14-20-46-27-35-50(36-28-46)40-38-48-31-23-44(24-32-48)18-12-10-8-6-4-2/h21-25,27,29-32,49-50H,3-20,26,28,33-42H2,1-2H3. The van der Waals surface area contributed by atoms with Gasteiger partial charge in [0.25, 0.3) is 0 Å². The molecule has 0 N–H and O–H groups in total. The summed E-state index contributed by atoms with van der Waals surface area (Å²) in [5.74, 6) is 1.76. The Morgan fingerprint density at radius 3 is 1.18 bits per heavy atom. The Balaban J connectivity index is 0.936. The zero-order valence-corrected chi connectivity index (χ0v) is 33.5. The van der Waals surface area contributed by atoms with Crippen LogP contribution in [-0.2, 0) is 30.4 Å². The summed E-state index contributed by atoms with van der Waals surface area (Å²) in [6.07, 6.45) is 42.2. The first-order chi connectivity index (χ1) is 25.2. The molecular formula is C50H78O. The maximum absolute atomic E-state index is 6.04. The summed E-state index contributed by atoms with van der Waals surface area (Å²) in [7, 11) is 0. The molecule has 0 heterocycles. The average molecular weight is 695 g/mol. The van der Waals surface area contributed by atoms with Crippen molar-refractivity contribution in [3.63, 3.8) is 0 Å². The Morgan fingerprint density at radius 2 is 0.804 bits per heavy atom. The zero-order valence-electron chi connectivity index (χ0n) is 33.5. The first kappa shape index (κ1) is 41.6. The third kappa shape index (κ3) is 18.5. The van der Waals surface area contributed by atoms with Gasteiger partial charge in [0.05, 0.1) is 0 Å². The van der Waals surface area contributed by atoms with Crippen molar-refractivity contribution in [1.29, 1.82) is 0 Å². The Kier molecular flexibility index (Phi) is 21.7. The second-order valence-corrected chi connectivity index (χ2v) is 16.6. The number of aryl methyl sites for hydroxylation is 4. The van der Waals surface area contributed by atoms with Crippen molar-refractivity contribution in [2.24, 2.45) is 11.8 Å². The van der Waals surface area contributed by atoms with Crippen LogP contribution in [0.25, 0.3) is 0 Å². The molecule has 0 amide bonds. The van der Waals surface area contributed by atoms with Gasteiger partial charge in [0, 0.05) is 13.2 Å². The molecule has 2 atom stereocenters. The van der Waals surface area contributed by atoms with Crippen LogP contribution < -0.4 is 0 Å². The summed E-state index contributed by atoms with van der Waals surface area (Å²) in [6.45, 7) is 6.47. The van der Waals surface area contributed by atoms with Crippen molar-refractivity contribution in [3.8, 4) is 0 Å². The number of benzene rings is 2. The normalized spacial score (nSPS) is 17.8. The molecule has 0 radical (unpaired) electrons. The number of hydrogen-bond acceptors (Lipinski definition) is 1. The highest BCUT2D eigenvalue weighted by Crippen LogP contribution is 2.31. The summed E-state index contributed by atoms with van der Waals surface area (Å²) in [5.41, 5.74) is 9.55. The van der Waals surface area contributed by atoms with Crippen LogP contribution in [0.15, 0.2) is 71.8 Å². The van der Waals surface area contributed by atoms with Gasteiger partial charge >= 0.3 is 0 Å². The predicted molar refractivity (Wildman–Crippen MR) is 224 cm³/mol. The molecule has 0 saturated heterocycles. The van der Waals surface area contributed by atoms with E-state index < -0.39 is 0 Å². The monoisotopic (exact) mass is 695 g/mol. The molecule has 284 valence electrons. The lowest BCUT2D eigenvalue weighted by Crippen LogP contribution is -2.08. The molecule has 4 rings (SSSR count). The van der Waals surface area contributed by atoms with Gasteiger partial charge in [-0.2, -0.15) is 0 Å². The molecule has 51 heavy (non-hydrogen) atoms. The van der Waals surface area contributed by atoms with E-state index in [-0.39, 0.29) is 0 Å². The van der Waals surface area contributed by atoms with E-state index in [0.29, 0.717) is 0 Å². The highest BCUT2D eigenvalue weighted by atomic mass is 16.5. The van der Waals surface area contributed by atoms with E-state index in [1.807, 2.05) is 0 Å². The quantitative estimate of drug-likeness (QED) is 0.0636. The number of unbranched alkanes of at least 4 members (excludes halogenated alkanes) is 10. The Labute approximate surface area is 316 Å². The van der Waals surface area contributed by atoms with Crippen LogP contribution in [-0.4, -0.2) is 13.2 Å². The number of hydrogen-bond donors (Lipinski definition) is 0. The van der Waals surface area contributed by atoms with Crippen molar-refractivity contribution < 1.29 is 4.74 Å². The number of rotatable bonds is 28. The van der Waals surface area contributed by atoms with Crippen LogP contribution in [0.4, 0.5) is 0 Å². The minimum atomic E-state index is 0.879. The number of ether oxygens (including phenoxy) is 1. The lowest BCUT2D eigenvalue weighted by molar-refractivity contribution is 0.126. The van der Waals surface area contributed by atoms with E-state index in [9.17, 15) is 0 Å². The van der Waals surface area contributed by atoms with Gasteiger partial charge in [-0.05, 0) is 163 Å². The average Bonchev–Trinajstić information content (AvgIpc) is 3.17. The van der Waals surface area contributed by atoms with Crippen LogP contribution in [0.5, 0.6) is 0 Å². The highest BCUT2D eigenvalue weighted by molar-refractivity contribution is 5.24. The molecule has 2 unspecified atom stereocenters. The first-order valence-electron chi connectivity index (χ1n) is 22.3. The van der Waals surface area contributed by atoms with Gasteiger partial charge in [0.2, 0.25) is 0 Å². The van der Waals surface area contributed by atoms with Gasteiger partial charge in [-0.25, -0.2) is 0 Å². The van der Waals surface area contributed by atoms with E-state index in [4.69, 9.17) is 4.74 Å². The van der Waals surface area contributed by atoms with Gasteiger partial charge in [0.15, 0.2) is 0 Å². The first-order valence-corrected chi connectivity index (χ1v) is 22.3. The van der Waals surface area contributed by atoms with E-state index in [1.165, 1.54) is 202 Å². The Morgan fingerprint density at radius 1 is 0.431 bits per heavy atom. The Hall–Kier alpha value is -2.12. The van der Waals surface area contributed by atoms with Gasteiger partial charge in [-0.1, -0.05) is 137 Å². The van der Waals surface area contributed by atoms with Crippen molar-refractivity contribution in [1.82, 2.24) is 0 Å². The van der Waals surface area contributed by atoms with Gasteiger partial charge < -0.3 is 4.74 Å². The Bertz CT molecular complexity index is 1110. The largest absolute Gasteiger partial charge is 0.381 e. The molecule has 2 aliphatic carbocycles. The van der Waals surface area contributed by atoms with E-state index in [0.717, 1.165) is 25.0 Å². The fraction of sp³-hybridized carbons (Fsp3) is 0.680. The molecule has 1 nitrogen and oxygen atoms in total. The molecule has 0 aliphatic heterocycles. The van der Waals surface area contributed by atoms with Crippen LogP contribution in [0, 0.1) is 11.8 Å². The minimum absolute atomic E-state index is 0.879. The van der Waals surface area contributed by atoms with Crippen molar-refractivity contribution in [3.05, 3.63) is 94.1 Å². The predicted octanol–water partition coefficient (Wildman–Crippen LogP) is 15.1. The molecule has 2 aromatic rings. The van der Waals surface area contributed by atoms with E-state index >= 15 is 0 Å². The third-order valence-electron chi connectivity index (χ3n) is 12.2. The third-order valence-corrected chi connectivity index (χ3v) is 12.2. The van der Waals surface area contributed by atoms with Crippen molar-refractivity contribution in [2.45, 2.75) is 194 Å². The molecule has 1 heteroatoms. The summed E-state index contributed by atoms with van der Waals surface area (Å²) in [6, 6.07) is 19.1. The molecule has 0 spiro atoms. The molecule has 0 saturated carbocycles. The van der Waals surface area contributed by atoms with Crippen molar-refractivity contribution in [2.75, 3.05) is 13.2 Å². The fourth-order valence-electron chi connectivity index (χ4n) is 8.43. The van der Waals surface area contributed by atoms with E-state index in [2.05, 4.69) is 74.5 Å². The smallest absolute Gasteiger partial charge is 0.0466 e. The topological polar surface area (TPSA) is 9.23 Å².